The van der Waals surface area contributed by atoms with Gasteiger partial charge in [0.2, 0.25) is 0 Å². The monoisotopic (exact) mass is 467 g/mol. The number of nitrogens with zero attached hydrogens (tertiary/aromatic N) is 3. The summed E-state index contributed by atoms with van der Waals surface area (Å²) in [6.07, 6.45) is 5.15. The predicted molar refractivity (Wildman–Crippen MR) is 121 cm³/mol. The molecule has 150 valence electrons. The van der Waals surface area contributed by atoms with Crippen LogP contribution in [0.4, 0.5) is 0 Å². The van der Waals surface area contributed by atoms with E-state index in [1.54, 1.807) is 0 Å². The molecule has 1 saturated carbocycles. The van der Waals surface area contributed by atoms with Gasteiger partial charge in [-0.05, 0) is 79.2 Å². The van der Waals surface area contributed by atoms with Gasteiger partial charge in [0.05, 0.1) is 6.54 Å². The molecule has 0 aromatic heterocycles. The first-order valence-corrected chi connectivity index (χ1v) is 9.95. The molecule has 0 amide bonds. The average Bonchev–Trinajstić information content (AvgIpc) is 3.36. The van der Waals surface area contributed by atoms with Crippen molar-refractivity contribution in [2.45, 2.75) is 65.5 Å². The van der Waals surface area contributed by atoms with Crippen LogP contribution in [-0.2, 0) is 0 Å². The minimum Gasteiger partial charge on any atom is -0.357 e. The van der Waals surface area contributed by atoms with E-state index in [2.05, 4.69) is 62.2 Å². The Morgan fingerprint density at radius 3 is 2.28 bits per heavy atom. The second-order valence-electron chi connectivity index (χ2n) is 7.30. The maximum Gasteiger partial charge on any atom is 0.191 e. The van der Waals surface area contributed by atoms with Crippen LogP contribution >= 0.6 is 24.0 Å². The average molecular weight is 467 g/mol. The van der Waals surface area contributed by atoms with Crippen molar-refractivity contribution in [2.75, 3.05) is 46.8 Å². The van der Waals surface area contributed by atoms with Gasteiger partial charge >= 0.3 is 0 Å². The smallest absolute Gasteiger partial charge is 0.191 e. The molecule has 2 atom stereocenters. The van der Waals surface area contributed by atoms with Crippen LogP contribution < -0.4 is 10.6 Å². The molecule has 0 bridgehead atoms. The topological polar surface area (TPSA) is 42.9 Å². The molecule has 0 aromatic carbocycles. The molecule has 1 rings (SSSR count). The molecule has 1 aliphatic carbocycles. The Labute approximate surface area is 173 Å². The van der Waals surface area contributed by atoms with Crippen LogP contribution in [0.25, 0.3) is 0 Å². The van der Waals surface area contributed by atoms with Gasteiger partial charge in [0, 0.05) is 18.6 Å². The van der Waals surface area contributed by atoms with Crippen molar-refractivity contribution in [3.05, 3.63) is 0 Å². The van der Waals surface area contributed by atoms with E-state index < -0.39 is 0 Å². The van der Waals surface area contributed by atoms with E-state index >= 15 is 0 Å². The molecule has 0 radical (unpaired) electrons. The van der Waals surface area contributed by atoms with Gasteiger partial charge in [0.25, 0.3) is 0 Å². The molecule has 2 unspecified atom stereocenters. The lowest BCUT2D eigenvalue weighted by atomic mass is 10.1. The van der Waals surface area contributed by atoms with Gasteiger partial charge in [-0.3, -0.25) is 4.99 Å². The maximum absolute atomic E-state index is 4.85. The predicted octanol–water partition coefficient (Wildman–Crippen LogP) is 3.01. The van der Waals surface area contributed by atoms with Crippen molar-refractivity contribution >= 4 is 29.9 Å². The summed E-state index contributed by atoms with van der Waals surface area (Å²) in [5.74, 6) is 1.82. The van der Waals surface area contributed by atoms with Crippen molar-refractivity contribution in [1.82, 2.24) is 20.4 Å². The summed E-state index contributed by atoms with van der Waals surface area (Å²) in [6.45, 7) is 14.2. The number of hydrogen-bond acceptors (Lipinski definition) is 3. The third-order valence-corrected chi connectivity index (χ3v) is 5.00. The molecule has 6 heteroatoms. The summed E-state index contributed by atoms with van der Waals surface area (Å²) in [5.41, 5.74) is 0. The van der Waals surface area contributed by atoms with E-state index in [9.17, 15) is 0 Å². The summed E-state index contributed by atoms with van der Waals surface area (Å²) in [4.78, 5) is 9.68. The molecule has 25 heavy (non-hydrogen) atoms. The summed E-state index contributed by atoms with van der Waals surface area (Å²) in [7, 11) is 4.35. The van der Waals surface area contributed by atoms with Crippen LogP contribution in [0.2, 0.25) is 0 Å². The minimum atomic E-state index is 0. The van der Waals surface area contributed by atoms with E-state index in [-0.39, 0.29) is 24.0 Å². The van der Waals surface area contributed by atoms with Crippen molar-refractivity contribution < 1.29 is 0 Å². The van der Waals surface area contributed by atoms with Gasteiger partial charge in [-0.25, -0.2) is 0 Å². The third kappa shape index (κ3) is 10.6. The lowest BCUT2D eigenvalue weighted by Crippen LogP contribution is -2.43. The third-order valence-electron chi connectivity index (χ3n) is 5.00. The van der Waals surface area contributed by atoms with Gasteiger partial charge in [0.1, 0.15) is 0 Å². The fourth-order valence-corrected chi connectivity index (χ4v) is 3.19. The van der Waals surface area contributed by atoms with Crippen LogP contribution in [0, 0.1) is 5.92 Å². The molecule has 0 heterocycles. The van der Waals surface area contributed by atoms with Crippen LogP contribution in [0.15, 0.2) is 4.99 Å². The SMILES string of the molecule is CCNC(=NCC(C1CC1)N(C)C)NC(C)CCCN(CC)CC.I. The van der Waals surface area contributed by atoms with Crippen molar-refractivity contribution in [1.29, 1.82) is 0 Å². The van der Waals surface area contributed by atoms with Gasteiger partial charge in [-0.15, -0.1) is 24.0 Å². The normalized spacial score (nSPS) is 17.4. The molecular formula is C19H42IN5. The van der Waals surface area contributed by atoms with Gasteiger partial charge in [-0.1, -0.05) is 13.8 Å². The molecular weight excluding hydrogens is 425 g/mol. The first kappa shape index (κ1) is 24.9. The molecule has 2 N–H and O–H groups in total. The van der Waals surface area contributed by atoms with E-state index in [1.807, 2.05) is 0 Å². The molecule has 0 aliphatic heterocycles. The quantitative estimate of drug-likeness (QED) is 0.263. The molecule has 5 nitrogen and oxygen atoms in total. The molecule has 0 saturated heterocycles. The van der Waals surface area contributed by atoms with Gasteiger partial charge in [-0.2, -0.15) is 0 Å². The Kier molecular flexibility index (Phi) is 14.0. The second kappa shape index (κ2) is 14.0. The van der Waals surface area contributed by atoms with Crippen molar-refractivity contribution in [3.8, 4) is 0 Å². The highest BCUT2D eigenvalue weighted by molar-refractivity contribution is 14.0. The molecule has 0 aromatic rings. The van der Waals surface area contributed by atoms with E-state index in [1.165, 1.54) is 32.2 Å². The molecule has 0 spiro atoms. The second-order valence-corrected chi connectivity index (χ2v) is 7.30. The van der Waals surface area contributed by atoms with E-state index in [0.717, 1.165) is 38.1 Å². The number of hydrogen-bond donors (Lipinski definition) is 2. The lowest BCUT2D eigenvalue weighted by Gasteiger charge is -2.24. The largest absolute Gasteiger partial charge is 0.357 e. The molecule has 1 fully saturated rings. The summed E-state index contributed by atoms with van der Waals surface area (Å²) in [5, 5.41) is 6.98. The van der Waals surface area contributed by atoms with Crippen LogP contribution in [0.1, 0.15) is 53.4 Å². The highest BCUT2D eigenvalue weighted by Gasteiger charge is 2.32. The first-order valence-electron chi connectivity index (χ1n) is 9.95. The fraction of sp³-hybridized carbons (Fsp3) is 0.947. The zero-order valence-electron chi connectivity index (χ0n) is 17.3. The van der Waals surface area contributed by atoms with Crippen LogP contribution in [0.5, 0.6) is 0 Å². The number of likely N-dealkylation sites (N-methyl/N-ethyl adjacent to an activating group) is 1. The number of halogens is 1. The molecule has 1 aliphatic rings. The summed E-state index contributed by atoms with van der Waals surface area (Å²) >= 11 is 0. The lowest BCUT2D eigenvalue weighted by molar-refractivity contribution is 0.271. The van der Waals surface area contributed by atoms with Gasteiger partial charge in [0.15, 0.2) is 5.96 Å². The fourth-order valence-electron chi connectivity index (χ4n) is 3.19. The standard InChI is InChI=1S/C19H41N5.HI/c1-7-20-19(21-15-18(23(5)6)17-12-13-17)22-16(4)11-10-14-24(8-2)9-3;/h16-18H,7-15H2,1-6H3,(H2,20,21,22);1H. The van der Waals surface area contributed by atoms with E-state index in [4.69, 9.17) is 4.99 Å². The van der Waals surface area contributed by atoms with Crippen LogP contribution in [0.3, 0.4) is 0 Å². The minimum absolute atomic E-state index is 0. The number of rotatable bonds is 12. The van der Waals surface area contributed by atoms with Crippen molar-refractivity contribution in [3.63, 3.8) is 0 Å². The number of aliphatic imine (C=N–C) groups is 1. The Morgan fingerprint density at radius 2 is 1.80 bits per heavy atom. The maximum atomic E-state index is 4.85. The van der Waals surface area contributed by atoms with Gasteiger partial charge < -0.3 is 20.4 Å². The van der Waals surface area contributed by atoms with Crippen LogP contribution in [-0.4, -0.2) is 74.7 Å². The van der Waals surface area contributed by atoms with E-state index in [0.29, 0.717) is 12.1 Å². The highest BCUT2D eigenvalue weighted by Crippen LogP contribution is 2.34. The zero-order valence-corrected chi connectivity index (χ0v) is 19.7. The summed E-state index contributed by atoms with van der Waals surface area (Å²) in [6, 6.07) is 1.04. The zero-order chi connectivity index (χ0) is 17.9. The highest BCUT2D eigenvalue weighted by atomic mass is 127. The Morgan fingerprint density at radius 1 is 1.16 bits per heavy atom. The number of nitrogens with one attached hydrogen (secondary N) is 2. The Balaban J connectivity index is 0.00000576. The summed E-state index contributed by atoms with van der Waals surface area (Å²) < 4.78 is 0. The Hall–Kier alpha value is -0.0800. The first-order chi connectivity index (χ1) is 11.5. The number of guanidine groups is 1. The Bertz CT molecular complexity index is 352. The van der Waals surface area contributed by atoms with Crippen molar-refractivity contribution in [2.24, 2.45) is 10.9 Å².